The number of nitrogens with zero attached hydrogens (tertiary/aromatic N) is 2. The van der Waals surface area contributed by atoms with Crippen LogP contribution < -0.4 is 0 Å². The Balaban J connectivity index is 2.09. The predicted molar refractivity (Wildman–Crippen MR) is 101 cm³/mol. The van der Waals surface area contributed by atoms with Crippen LogP contribution in [0.2, 0.25) is 0 Å². The molecule has 0 amide bonds. The minimum atomic E-state index is -4.10. The zero-order valence-corrected chi connectivity index (χ0v) is 15.6. The van der Waals surface area contributed by atoms with Crippen LogP contribution in [0.4, 0.5) is 4.39 Å². The van der Waals surface area contributed by atoms with Gasteiger partial charge in [-0.3, -0.25) is 9.78 Å². The highest BCUT2D eigenvalue weighted by molar-refractivity contribution is 7.92. The van der Waals surface area contributed by atoms with Gasteiger partial charge >= 0.3 is 5.97 Å². The highest BCUT2D eigenvalue weighted by Gasteiger charge is 2.29. The van der Waals surface area contributed by atoms with E-state index in [1.807, 2.05) is 0 Å². The van der Waals surface area contributed by atoms with Gasteiger partial charge < -0.3 is 9.67 Å². The number of aromatic nitrogens is 2. The summed E-state index contributed by atoms with van der Waals surface area (Å²) in [6.07, 6.45) is 1.50. The van der Waals surface area contributed by atoms with Crippen molar-refractivity contribution in [2.24, 2.45) is 0 Å². The smallest absolute Gasteiger partial charge is 0.323 e. The molecule has 2 heterocycles. The molecule has 0 aliphatic heterocycles. The van der Waals surface area contributed by atoms with E-state index in [1.165, 1.54) is 35.9 Å². The quantitative estimate of drug-likeness (QED) is 0.568. The van der Waals surface area contributed by atoms with E-state index in [9.17, 15) is 22.7 Å². The fourth-order valence-corrected chi connectivity index (χ4v) is 5.36. The first-order chi connectivity index (χ1) is 13.3. The maximum Gasteiger partial charge on any atom is 0.323 e. The number of carbonyl (C=O) groups is 1. The van der Waals surface area contributed by atoms with Crippen molar-refractivity contribution in [3.8, 4) is 0 Å². The highest BCUT2D eigenvalue weighted by atomic mass is 32.2. The van der Waals surface area contributed by atoms with E-state index in [4.69, 9.17) is 0 Å². The number of para-hydroxylation sites is 1. The van der Waals surface area contributed by atoms with Crippen LogP contribution in [0.5, 0.6) is 0 Å². The lowest BCUT2D eigenvalue weighted by Crippen LogP contribution is -2.11. The number of pyridine rings is 1. The molecule has 0 atom stereocenters. The lowest BCUT2D eigenvalue weighted by Gasteiger charge is -2.09. The first-order valence-corrected chi connectivity index (χ1v) is 9.88. The summed E-state index contributed by atoms with van der Waals surface area (Å²) in [4.78, 5) is 15.4. The molecule has 28 heavy (non-hydrogen) atoms. The van der Waals surface area contributed by atoms with Crippen LogP contribution in [0.3, 0.4) is 0 Å². The number of sulfone groups is 1. The van der Waals surface area contributed by atoms with Gasteiger partial charge in [-0.05, 0) is 37.3 Å². The largest absolute Gasteiger partial charge is 0.480 e. The van der Waals surface area contributed by atoms with E-state index < -0.39 is 28.2 Å². The van der Waals surface area contributed by atoms with Crippen molar-refractivity contribution in [2.45, 2.75) is 23.3 Å². The van der Waals surface area contributed by atoms with Gasteiger partial charge in [0.15, 0.2) is 0 Å². The van der Waals surface area contributed by atoms with E-state index in [2.05, 4.69) is 4.98 Å². The van der Waals surface area contributed by atoms with Gasteiger partial charge in [-0.15, -0.1) is 0 Å². The molecule has 142 valence electrons. The van der Waals surface area contributed by atoms with Crippen molar-refractivity contribution >= 4 is 37.6 Å². The average molecular weight is 398 g/mol. The summed E-state index contributed by atoms with van der Waals surface area (Å²) in [5, 5.41) is 10.0. The number of aliphatic carboxylic acids is 1. The maximum absolute atomic E-state index is 13.9. The molecular formula is C20H15FN2O4S. The monoisotopic (exact) mass is 398 g/mol. The van der Waals surface area contributed by atoms with Crippen molar-refractivity contribution in [1.82, 2.24) is 9.55 Å². The minimum absolute atomic E-state index is 0.00710. The highest BCUT2D eigenvalue weighted by Crippen LogP contribution is 2.36. The standard InChI is InChI=1S/C20H15FN2O4S/c1-12-20(15-10-14(21)7-8-16(15)23(12)11-18(24)25)28(26,27)17-6-2-4-13-5-3-9-22-19(13)17/h2-10H,11H2,1H3,(H,24,25). The Morgan fingerprint density at radius 1 is 1.18 bits per heavy atom. The number of hydrogen-bond acceptors (Lipinski definition) is 4. The lowest BCUT2D eigenvalue weighted by molar-refractivity contribution is -0.137. The van der Waals surface area contributed by atoms with Gasteiger partial charge in [0.2, 0.25) is 9.84 Å². The molecule has 4 aromatic rings. The zero-order chi connectivity index (χ0) is 20.1. The number of benzene rings is 2. The third-order valence-corrected chi connectivity index (χ3v) is 6.64. The molecular weight excluding hydrogens is 383 g/mol. The second-order valence-electron chi connectivity index (χ2n) is 6.39. The summed E-state index contributed by atoms with van der Waals surface area (Å²) in [5.41, 5.74) is 0.879. The molecule has 1 N–H and O–H groups in total. The average Bonchev–Trinajstić information content (AvgIpc) is 2.92. The van der Waals surface area contributed by atoms with E-state index in [0.717, 1.165) is 6.07 Å². The number of hydrogen-bond donors (Lipinski definition) is 1. The Bertz CT molecular complexity index is 1350. The first-order valence-electron chi connectivity index (χ1n) is 8.39. The van der Waals surface area contributed by atoms with E-state index in [1.54, 1.807) is 24.3 Å². The molecule has 0 spiro atoms. The normalized spacial score (nSPS) is 11.9. The molecule has 0 radical (unpaired) electrons. The third-order valence-electron chi connectivity index (χ3n) is 4.67. The van der Waals surface area contributed by atoms with Gasteiger partial charge in [0.05, 0.1) is 15.9 Å². The second kappa shape index (κ2) is 6.42. The first kappa shape index (κ1) is 18.1. The van der Waals surface area contributed by atoms with Crippen LogP contribution in [0, 0.1) is 12.7 Å². The third kappa shape index (κ3) is 2.73. The Kier molecular flexibility index (Phi) is 4.15. The molecule has 0 unspecified atom stereocenters. The molecule has 0 aliphatic rings. The molecule has 8 heteroatoms. The van der Waals surface area contributed by atoms with Crippen LogP contribution in [0.15, 0.2) is 64.5 Å². The Morgan fingerprint density at radius 3 is 2.68 bits per heavy atom. The molecule has 2 aromatic heterocycles. The van der Waals surface area contributed by atoms with Crippen LogP contribution in [-0.4, -0.2) is 29.0 Å². The summed E-state index contributed by atoms with van der Waals surface area (Å²) in [6, 6.07) is 12.0. The molecule has 0 aliphatic carbocycles. The maximum atomic E-state index is 13.9. The van der Waals surface area contributed by atoms with Gasteiger partial charge in [-0.25, -0.2) is 12.8 Å². The summed E-state index contributed by atoms with van der Waals surface area (Å²) in [7, 11) is -4.10. The Hall–Kier alpha value is -3.26. The van der Waals surface area contributed by atoms with Crippen molar-refractivity contribution in [1.29, 1.82) is 0 Å². The van der Waals surface area contributed by atoms with Crippen LogP contribution in [-0.2, 0) is 21.2 Å². The van der Waals surface area contributed by atoms with Crippen LogP contribution in [0.1, 0.15) is 5.69 Å². The van der Waals surface area contributed by atoms with Crippen molar-refractivity contribution in [2.75, 3.05) is 0 Å². The SMILES string of the molecule is Cc1c(S(=O)(=O)c2cccc3cccnc23)c2cc(F)ccc2n1CC(=O)O. The fraction of sp³-hybridized carbons (Fsp3) is 0.100. The van der Waals surface area contributed by atoms with Crippen molar-refractivity contribution < 1.29 is 22.7 Å². The topological polar surface area (TPSA) is 89.3 Å². The zero-order valence-electron chi connectivity index (χ0n) is 14.8. The second-order valence-corrected chi connectivity index (χ2v) is 8.25. The van der Waals surface area contributed by atoms with Gasteiger partial charge in [-0.1, -0.05) is 18.2 Å². The fourth-order valence-electron chi connectivity index (χ4n) is 3.50. The molecule has 4 rings (SSSR count). The number of rotatable bonds is 4. The van der Waals surface area contributed by atoms with Crippen LogP contribution >= 0.6 is 0 Å². The number of carboxylic acids is 1. The Labute approximate surface area is 159 Å². The summed E-state index contributed by atoms with van der Waals surface area (Å²) >= 11 is 0. The summed E-state index contributed by atoms with van der Waals surface area (Å²) in [5.74, 6) is -1.73. The van der Waals surface area contributed by atoms with E-state index in [0.29, 0.717) is 16.4 Å². The molecule has 0 saturated carbocycles. The number of fused-ring (bicyclic) bond motifs is 2. The molecule has 2 aromatic carbocycles. The van der Waals surface area contributed by atoms with Gasteiger partial charge in [0.1, 0.15) is 17.3 Å². The molecule has 6 nitrogen and oxygen atoms in total. The van der Waals surface area contributed by atoms with Gasteiger partial charge in [0.25, 0.3) is 0 Å². The van der Waals surface area contributed by atoms with Gasteiger partial charge in [0, 0.05) is 22.7 Å². The number of halogens is 1. The van der Waals surface area contributed by atoms with Crippen molar-refractivity contribution in [3.05, 3.63) is 66.2 Å². The molecule has 0 bridgehead atoms. The summed E-state index contributed by atoms with van der Waals surface area (Å²) in [6.45, 7) is 1.09. The predicted octanol–water partition coefficient (Wildman–Crippen LogP) is 3.55. The summed E-state index contributed by atoms with van der Waals surface area (Å²) < 4.78 is 42.4. The van der Waals surface area contributed by atoms with E-state index >= 15 is 0 Å². The molecule has 0 fully saturated rings. The number of carboxylic acid groups (broad SMARTS) is 1. The minimum Gasteiger partial charge on any atom is -0.480 e. The van der Waals surface area contributed by atoms with Crippen LogP contribution in [0.25, 0.3) is 21.8 Å². The van der Waals surface area contributed by atoms with Gasteiger partial charge in [-0.2, -0.15) is 0 Å². The Morgan fingerprint density at radius 2 is 1.93 bits per heavy atom. The molecule has 0 saturated heterocycles. The van der Waals surface area contributed by atoms with Crippen molar-refractivity contribution in [3.63, 3.8) is 0 Å². The van der Waals surface area contributed by atoms with E-state index in [-0.39, 0.29) is 20.9 Å². The lowest BCUT2D eigenvalue weighted by atomic mass is 10.2.